The molecule has 0 radical (unpaired) electrons. The number of hydrogen-bond donors (Lipinski definition) is 0. The molecule has 1 aromatic heterocycles. The van der Waals surface area contributed by atoms with Gasteiger partial charge in [-0.1, -0.05) is 19.9 Å². The lowest BCUT2D eigenvalue weighted by Crippen LogP contribution is -2.26. The molecule has 2 aromatic rings. The second-order valence-corrected chi connectivity index (χ2v) is 6.71. The van der Waals surface area contributed by atoms with Crippen molar-refractivity contribution in [2.75, 3.05) is 0 Å². The van der Waals surface area contributed by atoms with Crippen LogP contribution in [0.3, 0.4) is 0 Å². The van der Waals surface area contributed by atoms with Crippen molar-refractivity contribution in [3.63, 3.8) is 0 Å². The summed E-state index contributed by atoms with van der Waals surface area (Å²) in [6, 6.07) is 9.81. The number of fused-ring (bicyclic) bond motifs is 1. The first-order chi connectivity index (χ1) is 9.55. The van der Waals surface area contributed by atoms with Gasteiger partial charge in [0.2, 0.25) is 0 Å². The quantitative estimate of drug-likeness (QED) is 0.742. The van der Waals surface area contributed by atoms with Gasteiger partial charge in [0.15, 0.2) is 5.78 Å². The van der Waals surface area contributed by atoms with E-state index in [1.807, 2.05) is 30.3 Å². The van der Waals surface area contributed by atoms with E-state index in [0.29, 0.717) is 11.2 Å². The fourth-order valence-corrected chi connectivity index (χ4v) is 3.13. The summed E-state index contributed by atoms with van der Waals surface area (Å²) >= 11 is 0. The normalized spacial score (nSPS) is 19.1. The Kier molecular flexibility index (Phi) is 3.33. The Balaban J connectivity index is 1.82. The highest BCUT2D eigenvalue weighted by Gasteiger charge is 2.30. The van der Waals surface area contributed by atoms with Crippen molar-refractivity contribution < 1.29 is 4.79 Å². The van der Waals surface area contributed by atoms with Crippen LogP contribution in [0.25, 0.3) is 10.9 Å². The average molecular weight is 267 g/mol. The molecule has 1 aliphatic rings. The molecule has 0 atom stereocenters. The molecule has 1 fully saturated rings. The molecule has 0 amide bonds. The van der Waals surface area contributed by atoms with Gasteiger partial charge in [0.05, 0.1) is 5.52 Å². The first-order valence-corrected chi connectivity index (χ1v) is 7.44. The van der Waals surface area contributed by atoms with E-state index in [2.05, 4.69) is 18.8 Å². The van der Waals surface area contributed by atoms with E-state index in [9.17, 15) is 4.79 Å². The summed E-state index contributed by atoms with van der Waals surface area (Å²) in [4.78, 5) is 16.9. The summed E-state index contributed by atoms with van der Waals surface area (Å²) in [6.45, 7) is 4.60. The molecule has 0 saturated heterocycles. The minimum atomic E-state index is 0.206. The van der Waals surface area contributed by atoms with Crippen LogP contribution in [0.15, 0.2) is 36.5 Å². The Morgan fingerprint density at radius 2 is 1.95 bits per heavy atom. The third kappa shape index (κ3) is 2.60. The summed E-state index contributed by atoms with van der Waals surface area (Å²) in [7, 11) is 0. The van der Waals surface area contributed by atoms with Crippen molar-refractivity contribution in [2.45, 2.75) is 39.5 Å². The molecule has 0 N–H and O–H groups in total. The molecule has 1 aromatic carbocycles. The lowest BCUT2D eigenvalue weighted by atomic mass is 9.71. The fraction of sp³-hybridized carbons (Fsp3) is 0.444. The monoisotopic (exact) mass is 267 g/mol. The minimum Gasteiger partial charge on any atom is -0.294 e. The van der Waals surface area contributed by atoms with Gasteiger partial charge in [-0.05, 0) is 55.4 Å². The van der Waals surface area contributed by atoms with Crippen molar-refractivity contribution in [1.29, 1.82) is 0 Å². The number of nitrogens with zero attached hydrogens (tertiary/aromatic N) is 1. The van der Waals surface area contributed by atoms with Crippen LogP contribution < -0.4 is 0 Å². The van der Waals surface area contributed by atoms with Gasteiger partial charge in [-0.15, -0.1) is 0 Å². The van der Waals surface area contributed by atoms with Crippen LogP contribution in [0.1, 0.15) is 49.9 Å². The molecule has 1 aliphatic carbocycles. The van der Waals surface area contributed by atoms with E-state index in [-0.39, 0.29) is 5.92 Å². The SMILES string of the molecule is CC1(C)CCC(C(=O)c2ccc3ncccc3c2)CC1. The van der Waals surface area contributed by atoms with Gasteiger partial charge >= 0.3 is 0 Å². The molecule has 20 heavy (non-hydrogen) atoms. The van der Waals surface area contributed by atoms with Crippen LogP contribution in [0.5, 0.6) is 0 Å². The van der Waals surface area contributed by atoms with Crippen LogP contribution in [-0.2, 0) is 0 Å². The smallest absolute Gasteiger partial charge is 0.165 e. The highest BCUT2D eigenvalue weighted by Crippen LogP contribution is 2.39. The molecule has 2 nitrogen and oxygen atoms in total. The number of aromatic nitrogens is 1. The summed E-state index contributed by atoms with van der Waals surface area (Å²) < 4.78 is 0. The average Bonchev–Trinajstić information content (AvgIpc) is 2.46. The minimum absolute atomic E-state index is 0.206. The van der Waals surface area contributed by atoms with Crippen LogP contribution in [0.4, 0.5) is 0 Å². The van der Waals surface area contributed by atoms with E-state index in [1.54, 1.807) is 6.20 Å². The van der Waals surface area contributed by atoms with Crippen LogP contribution in [0, 0.1) is 11.3 Å². The van der Waals surface area contributed by atoms with E-state index < -0.39 is 0 Å². The Morgan fingerprint density at radius 1 is 1.20 bits per heavy atom. The van der Waals surface area contributed by atoms with Crippen molar-refractivity contribution in [2.24, 2.45) is 11.3 Å². The molecule has 0 bridgehead atoms. The Morgan fingerprint density at radius 3 is 2.70 bits per heavy atom. The van der Waals surface area contributed by atoms with Gasteiger partial charge in [0.1, 0.15) is 0 Å². The molecular formula is C18H21NO. The van der Waals surface area contributed by atoms with Crippen LogP contribution in [0.2, 0.25) is 0 Å². The molecule has 0 aliphatic heterocycles. The second-order valence-electron chi connectivity index (χ2n) is 6.71. The van der Waals surface area contributed by atoms with E-state index in [4.69, 9.17) is 0 Å². The van der Waals surface area contributed by atoms with E-state index >= 15 is 0 Å². The predicted molar refractivity (Wildman–Crippen MR) is 81.8 cm³/mol. The zero-order valence-corrected chi connectivity index (χ0v) is 12.2. The number of carbonyl (C=O) groups excluding carboxylic acids is 1. The molecular weight excluding hydrogens is 246 g/mol. The Labute approximate surface area is 120 Å². The van der Waals surface area contributed by atoms with Crippen molar-refractivity contribution in [3.8, 4) is 0 Å². The Hall–Kier alpha value is -1.70. The van der Waals surface area contributed by atoms with Gasteiger partial charge < -0.3 is 0 Å². The van der Waals surface area contributed by atoms with E-state index in [1.165, 1.54) is 0 Å². The van der Waals surface area contributed by atoms with Gasteiger partial charge in [-0.3, -0.25) is 9.78 Å². The standard InChI is InChI=1S/C18H21NO/c1-18(2)9-7-13(8-10-18)17(20)15-5-6-16-14(12-15)4-3-11-19-16/h3-6,11-13H,7-10H2,1-2H3. The fourth-order valence-electron chi connectivity index (χ4n) is 3.13. The van der Waals surface area contributed by atoms with Gasteiger partial charge in [-0.2, -0.15) is 0 Å². The number of pyridine rings is 1. The summed E-state index contributed by atoms with van der Waals surface area (Å²) in [5.41, 5.74) is 2.20. The highest BCUT2D eigenvalue weighted by molar-refractivity contribution is 6.00. The predicted octanol–water partition coefficient (Wildman–Crippen LogP) is 4.63. The van der Waals surface area contributed by atoms with Crippen LogP contribution >= 0.6 is 0 Å². The molecule has 0 spiro atoms. The van der Waals surface area contributed by atoms with Gasteiger partial charge in [-0.25, -0.2) is 0 Å². The maximum Gasteiger partial charge on any atom is 0.165 e. The van der Waals surface area contributed by atoms with Crippen molar-refractivity contribution in [3.05, 3.63) is 42.1 Å². The third-order valence-electron chi connectivity index (χ3n) is 4.60. The molecule has 3 rings (SSSR count). The lowest BCUT2D eigenvalue weighted by Gasteiger charge is -2.33. The third-order valence-corrected chi connectivity index (χ3v) is 4.60. The van der Waals surface area contributed by atoms with Crippen molar-refractivity contribution >= 4 is 16.7 Å². The van der Waals surface area contributed by atoms with Gasteiger partial charge in [0, 0.05) is 23.1 Å². The highest BCUT2D eigenvalue weighted by atomic mass is 16.1. The maximum atomic E-state index is 12.6. The zero-order chi connectivity index (χ0) is 14.2. The maximum absolute atomic E-state index is 12.6. The van der Waals surface area contributed by atoms with Gasteiger partial charge in [0.25, 0.3) is 0 Å². The van der Waals surface area contributed by atoms with E-state index in [0.717, 1.165) is 42.1 Å². The number of ketones is 1. The number of benzene rings is 1. The zero-order valence-electron chi connectivity index (χ0n) is 12.2. The summed E-state index contributed by atoms with van der Waals surface area (Å²) in [6.07, 6.45) is 6.14. The summed E-state index contributed by atoms with van der Waals surface area (Å²) in [5, 5.41) is 1.05. The second kappa shape index (κ2) is 5.01. The molecule has 2 heteroatoms. The molecule has 104 valence electrons. The topological polar surface area (TPSA) is 30.0 Å². The Bertz CT molecular complexity index is 635. The first-order valence-electron chi connectivity index (χ1n) is 7.44. The van der Waals surface area contributed by atoms with Crippen LogP contribution in [-0.4, -0.2) is 10.8 Å². The molecule has 1 saturated carbocycles. The first kappa shape index (κ1) is 13.3. The molecule has 1 heterocycles. The summed E-state index contributed by atoms with van der Waals surface area (Å²) in [5.74, 6) is 0.517. The number of hydrogen-bond acceptors (Lipinski definition) is 2. The number of rotatable bonds is 2. The molecule has 0 unspecified atom stereocenters. The van der Waals surface area contributed by atoms with Crippen molar-refractivity contribution in [1.82, 2.24) is 4.98 Å². The lowest BCUT2D eigenvalue weighted by molar-refractivity contribution is 0.0838. The number of carbonyl (C=O) groups is 1. The largest absolute Gasteiger partial charge is 0.294 e. The number of Topliss-reactive ketones (excluding diaryl/α,β-unsaturated/α-hetero) is 1.